The van der Waals surface area contributed by atoms with Crippen LogP contribution < -0.4 is 10.6 Å². The summed E-state index contributed by atoms with van der Waals surface area (Å²) in [4.78, 5) is 11.9. The molecule has 0 aliphatic heterocycles. The van der Waals surface area contributed by atoms with Crippen LogP contribution in [-0.2, 0) is 9.84 Å². The average molecular weight is 402 g/mol. The van der Waals surface area contributed by atoms with Gasteiger partial charge in [-0.3, -0.25) is 4.79 Å². The molecule has 0 bridgehead atoms. The van der Waals surface area contributed by atoms with Crippen molar-refractivity contribution in [2.45, 2.75) is 10.7 Å². The van der Waals surface area contributed by atoms with Crippen molar-refractivity contribution in [3.05, 3.63) is 84.4 Å². The van der Waals surface area contributed by atoms with Crippen LogP contribution in [0.3, 0.4) is 0 Å². The van der Waals surface area contributed by atoms with E-state index in [1.54, 1.807) is 18.2 Å². The van der Waals surface area contributed by atoms with Gasteiger partial charge in [0.1, 0.15) is 0 Å². The lowest BCUT2D eigenvalue weighted by Crippen LogP contribution is -2.14. The van der Waals surface area contributed by atoms with Gasteiger partial charge in [0.05, 0.1) is 16.3 Å². The zero-order valence-corrected chi connectivity index (χ0v) is 15.3. The second kappa shape index (κ2) is 8.18. The first-order valence-corrected chi connectivity index (χ1v) is 9.77. The van der Waals surface area contributed by atoms with Crippen LogP contribution >= 0.6 is 0 Å². The minimum absolute atomic E-state index is 0.141. The predicted octanol–water partition coefficient (Wildman–Crippen LogP) is 4.68. The molecule has 0 atom stereocenters. The van der Waals surface area contributed by atoms with Gasteiger partial charge >= 0.3 is 5.76 Å². The highest BCUT2D eigenvalue weighted by Gasteiger charge is 2.26. The fraction of sp³-hybridized carbons (Fsp3) is 0.0500. The first kappa shape index (κ1) is 19.5. The minimum Gasteiger partial charge on any atom is -0.354 e. The lowest BCUT2D eigenvalue weighted by atomic mass is 10.2. The number of rotatable bonds is 6. The zero-order chi connectivity index (χ0) is 20.1. The van der Waals surface area contributed by atoms with E-state index in [0.29, 0.717) is 11.4 Å². The normalized spacial score (nSPS) is 11.2. The second-order valence-electron chi connectivity index (χ2n) is 5.82. The van der Waals surface area contributed by atoms with E-state index in [4.69, 9.17) is 0 Å². The van der Waals surface area contributed by atoms with Crippen LogP contribution in [0.1, 0.15) is 10.4 Å². The number of hydrogen-bond donors (Lipinski definition) is 2. The van der Waals surface area contributed by atoms with Gasteiger partial charge in [0.2, 0.25) is 9.84 Å². The number of carbonyl (C=O) groups is 1. The van der Waals surface area contributed by atoms with Crippen molar-refractivity contribution < 1.29 is 22.0 Å². The molecule has 0 aliphatic carbocycles. The van der Waals surface area contributed by atoms with E-state index in [0.717, 1.165) is 17.8 Å². The van der Waals surface area contributed by atoms with Gasteiger partial charge in [-0.2, -0.15) is 8.78 Å². The smallest absolute Gasteiger partial charge is 0.341 e. The topological polar surface area (TPSA) is 75.3 Å². The van der Waals surface area contributed by atoms with Crippen molar-refractivity contribution >= 4 is 32.8 Å². The number of sulfone groups is 1. The van der Waals surface area contributed by atoms with Gasteiger partial charge in [0, 0.05) is 11.3 Å². The van der Waals surface area contributed by atoms with Gasteiger partial charge in [-0.25, -0.2) is 8.42 Å². The van der Waals surface area contributed by atoms with Gasteiger partial charge in [-0.1, -0.05) is 30.3 Å². The Morgan fingerprint density at radius 1 is 0.786 bits per heavy atom. The Bertz CT molecular complexity index is 1070. The summed E-state index contributed by atoms with van der Waals surface area (Å²) in [5.74, 6) is -4.01. The number of nitrogens with one attached hydrogen (secondary N) is 2. The maximum absolute atomic E-state index is 12.6. The summed E-state index contributed by atoms with van der Waals surface area (Å²) in [7, 11) is -4.69. The molecule has 0 heterocycles. The first-order valence-electron chi connectivity index (χ1n) is 8.22. The molecule has 0 unspecified atom stereocenters. The van der Waals surface area contributed by atoms with Crippen molar-refractivity contribution in [2.75, 3.05) is 10.6 Å². The Morgan fingerprint density at radius 2 is 1.36 bits per heavy atom. The standard InChI is InChI=1S/C20H16F2N2O3S/c21-20(22)28(26,27)16-12-10-14(11-13-16)19(25)24-18-9-5-4-8-17(18)23-15-6-2-1-3-7-15/h1-13,20,23H,(H,24,25). The van der Waals surface area contributed by atoms with Gasteiger partial charge in [0.25, 0.3) is 5.91 Å². The maximum atomic E-state index is 12.6. The van der Waals surface area contributed by atoms with Crippen LogP contribution in [0.5, 0.6) is 0 Å². The molecule has 2 N–H and O–H groups in total. The lowest BCUT2D eigenvalue weighted by molar-refractivity contribution is 0.102. The van der Waals surface area contributed by atoms with Crippen LogP contribution in [0, 0.1) is 0 Å². The molecule has 28 heavy (non-hydrogen) atoms. The first-order chi connectivity index (χ1) is 13.4. The number of carbonyl (C=O) groups excluding carboxylic acids is 1. The summed E-state index contributed by atoms with van der Waals surface area (Å²) >= 11 is 0. The van der Waals surface area contributed by atoms with Gasteiger partial charge in [0.15, 0.2) is 0 Å². The Hall–Kier alpha value is -3.26. The summed E-state index contributed by atoms with van der Waals surface area (Å²) in [5, 5.41) is 5.92. The fourth-order valence-corrected chi connectivity index (χ4v) is 3.19. The molecule has 144 valence electrons. The molecule has 0 saturated heterocycles. The number of amides is 1. The Balaban J connectivity index is 1.79. The van der Waals surface area contributed by atoms with Crippen molar-refractivity contribution in [2.24, 2.45) is 0 Å². The van der Waals surface area contributed by atoms with E-state index < -0.39 is 26.4 Å². The molecule has 1 amide bonds. The molecule has 3 aromatic rings. The van der Waals surface area contributed by atoms with E-state index in [1.165, 1.54) is 12.1 Å². The van der Waals surface area contributed by atoms with E-state index in [2.05, 4.69) is 10.6 Å². The van der Waals surface area contributed by atoms with Gasteiger partial charge < -0.3 is 10.6 Å². The van der Waals surface area contributed by atoms with Crippen LogP contribution in [-0.4, -0.2) is 20.1 Å². The van der Waals surface area contributed by atoms with E-state index in [9.17, 15) is 22.0 Å². The van der Waals surface area contributed by atoms with Crippen LogP contribution in [0.25, 0.3) is 0 Å². The highest BCUT2D eigenvalue weighted by molar-refractivity contribution is 7.91. The summed E-state index contributed by atoms with van der Waals surface area (Å²) in [6.45, 7) is 0. The summed E-state index contributed by atoms with van der Waals surface area (Å²) < 4.78 is 48.1. The zero-order valence-electron chi connectivity index (χ0n) is 14.5. The monoisotopic (exact) mass is 402 g/mol. The molecule has 8 heteroatoms. The average Bonchev–Trinajstić information content (AvgIpc) is 2.70. The lowest BCUT2D eigenvalue weighted by Gasteiger charge is -2.13. The third-order valence-electron chi connectivity index (χ3n) is 3.91. The molecular weight excluding hydrogens is 386 g/mol. The van der Waals surface area contributed by atoms with Crippen LogP contribution in [0.4, 0.5) is 25.8 Å². The number of benzene rings is 3. The molecule has 0 spiro atoms. The van der Waals surface area contributed by atoms with Crippen molar-refractivity contribution in [3.63, 3.8) is 0 Å². The number of para-hydroxylation sites is 3. The number of halogens is 2. The number of anilines is 3. The molecule has 0 saturated carbocycles. The maximum Gasteiger partial charge on any atom is 0.341 e. The molecule has 3 rings (SSSR count). The van der Waals surface area contributed by atoms with Crippen LogP contribution in [0.15, 0.2) is 83.8 Å². The predicted molar refractivity (Wildman–Crippen MR) is 104 cm³/mol. The highest BCUT2D eigenvalue weighted by atomic mass is 32.2. The highest BCUT2D eigenvalue weighted by Crippen LogP contribution is 2.26. The molecular formula is C20H16F2N2O3S. The van der Waals surface area contributed by atoms with Crippen LogP contribution in [0.2, 0.25) is 0 Å². The van der Waals surface area contributed by atoms with Gasteiger partial charge in [-0.15, -0.1) is 0 Å². The Kier molecular flexibility index (Phi) is 5.70. The van der Waals surface area contributed by atoms with Crippen molar-refractivity contribution in [3.8, 4) is 0 Å². The van der Waals surface area contributed by atoms with E-state index in [1.807, 2.05) is 36.4 Å². The molecule has 0 aliphatic rings. The number of alkyl halides is 2. The molecule has 3 aromatic carbocycles. The molecule has 0 radical (unpaired) electrons. The molecule has 5 nitrogen and oxygen atoms in total. The third kappa shape index (κ3) is 4.34. The quantitative estimate of drug-likeness (QED) is 0.628. The fourth-order valence-electron chi connectivity index (χ4n) is 2.47. The summed E-state index contributed by atoms with van der Waals surface area (Å²) in [6, 6.07) is 20.8. The minimum atomic E-state index is -4.69. The van der Waals surface area contributed by atoms with E-state index >= 15 is 0 Å². The summed E-state index contributed by atoms with van der Waals surface area (Å²) in [5.41, 5.74) is 2.16. The summed E-state index contributed by atoms with van der Waals surface area (Å²) in [6.07, 6.45) is 0. The molecule has 0 fully saturated rings. The Labute approximate surface area is 160 Å². The SMILES string of the molecule is O=C(Nc1ccccc1Nc1ccccc1)c1ccc(S(=O)(=O)C(F)F)cc1. The molecule has 0 aromatic heterocycles. The Morgan fingerprint density at radius 3 is 1.96 bits per heavy atom. The largest absolute Gasteiger partial charge is 0.354 e. The van der Waals surface area contributed by atoms with Crippen molar-refractivity contribution in [1.29, 1.82) is 0 Å². The van der Waals surface area contributed by atoms with Gasteiger partial charge in [-0.05, 0) is 48.5 Å². The third-order valence-corrected chi connectivity index (χ3v) is 5.31. The number of hydrogen-bond acceptors (Lipinski definition) is 4. The second-order valence-corrected chi connectivity index (χ2v) is 7.74. The van der Waals surface area contributed by atoms with E-state index in [-0.39, 0.29) is 5.56 Å². The van der Waals surface area contributed by atoms with Crippen molar-refractivity contribution in [1.82, 2.24) is 0 Å².